The second-order valence-electron chi connectivity index (χ2n) is 4.06. The van der Waals surface area contributed by atoms with Gasteiger partial charge >= 0.3 is 0 Å². The minimum atomic E-state index is 0.116. The molecule has 2 N–H and O–H groups in total. The topological polar surface area (TPSA) is 80.1 Å². The van der Waals surface area contributed by atoms with E-state index >= 15 is 0 Å². The van der Waals surface area contributed by atoms with Crippen molar-refractivity contribution in [1.29, 1.82) is 0 Å². The lowest BCUT2D eigenvalue weighted by atomic mass is 10.3. The Kier molecular flexibility index (Phi) is 3.51. The molecule has 1 aliphatic rings. The summed E-state index contributed by atoms with van der Waals surface area (Å²) in [5, 5.41) is 13.5. The highest BCUT2D eigenvalue weighted by Crippen LogP contribution is 2.18. The van der Waals surface area contributed by atoms with Gasteiger partial charge in [-0.1, -0.05) is 10.3 Å². The van der Waals surface area contributed by atoms with Crippen molar-refractivity contribution in [3.8, 4) is 0 Å². The van der Waals surface area contributed by atoms with Crippen LogP contribution in [0.2, 0.25) is 0 Å². The minimum Gasteiger partial charge on any atom is -0.353 e. The number of hydrogen-bond acceptors (Lipinski definition) is 5. The van der Waals surface area contributed by atoms with Crippen molar-refractivity contribution in [3.63, 3.8) is 0 Å². The summed E-state index contributed by atoms with van der Waals surface area (Å²) < 4.78 is 4.57. The fourth-order valence-corrected chi connectivity index (χ4v) is 1.35. The second kappa shape index (κ2) is 5.07. The lowest BCUT2D eigenvalue weighted by Crippen LogP contribution is -2.29. The standard InChI is InChI=1S/C10H16N4O2/c1-7-9(14-16-13-7)6-11-5-4-10(15)12-8-2-3-8/h8,11H,2-6H2,1H3,(H,12,15). The number of hydrogen-bond donors (Lipinski definition) is 2. The van der Waals surface area contributed by atoms with Crippen molar-refractivity contribution in [2.45, 2.75) is 38.8 Å². The van der Waals surface area contributed by atoms with E-state index in [1.54, 1.807) is 0 Å². The summed E-state index contributed by atoms with van der Waals surface area (Å²) in [6.45, 7) is 3.07. The van der Waals surface area contributed by atoms with Gasteiger partial charge in [0.15, 0.2) is 0 Å². The molecule has 16 heavy (non-hydrogen) atoms. The highest BCUT2D eigenvalue weighted by Gasteiger charge is 2.22. The molecule has 0 aliphatic heterocycles. The zero-order valence-corrected chi connectivity index (χ0v) is 9.32. The summed E-state index contributed by atoms with van der Waals surface area (Å²) in [6.07, 6.45) is 2.76. The van der Waals surface area contributed by atoms with Gasteiger partial charge in [-0.15, -0.1) is 0 Å². The Morgan fingerprint density at radius 2 is 2.31 bits per heavy atom. The fraction of sp³-hybridized carbons (Fsp3) is 0.700. The molecule has 0 unspecified atom stereocenters. The van der Waals surface area contributed by atoms with Crippen molar-refractivity contribution in [1.82, 2.24) is 20.9 Å². The van der Waals surface area contributed by atoms with Crippen molar-refractivity contribution in [2.75, 3.05) is 6.54 Å². The van der Waals surface area contributed by atoms with E-state index in [0.717, 1.165) is 24.2 Å². The SMILES string of the molecule is Cc1nonc1CNCCC(=O)NC1CC1. The van der Waals surface area contributed by atoms with Crippen LogP contribution in [0.3, 0.4) is 0 Å². The molecule has 0 aromatic carbocycles. The molecule has 1 fully saturated rings. The summed E-state index contributed by atoms with van der Waals surface area (Å²) in [7, 11) is 0. The zero-order chi connectivity index (χ0) is 11.4. The maximum absolute atomic E-state index is 11.3. The Morgan fingerprint density at radius 3 is 2.94 bits per heavy atom. The summed E-state index contributed by atoms with van der Waals surface area (Å²) in [4.78, 5) is 11.3. The number of aromatic nitrogens is 2. The molecule has 2 rings (SSSR count). The number of carbonyl (C=O) groups is 1. The van der Waals surface area contributed by atoms with Gasteiger partial charge in [0, 0.05) is 25.6 Å². The van der Waals surface area contributed by atoms with E-state index < -0.39 is 0 Å². The summed E-state index contributed by atoms with van der Waals surface area (Å²) in [6, 6.07) is 0.439. The molecular weight excluding hydrogens is 208 g/mol. The first-order valence-corrected chi connectivity index (χ1v) is 5.54. The van der Waals surface area contributed by atoms with Crippen LogP contribution in [0.5, 0.6) is 0 Å². The highest BCUT2D eigenvalue weighted by atomic mass is 16.6. The van der Waals surface area contributed by atoms with Gasteiger partial charge in [-0.25, -0.2) is 4.63 Å². The van der Waals surface area contributed by atoms with Crippen LogP contribution in [0.25, 0.3) is 0 Å². The van der Waals surface area contributed by atoms with E-state index in [-0.39, 0.29) is 5.91 Å². The lowest BCUT2D eigenvalue weighted by Gasteiger charge is -2.03. The average molecular weight is 224 g/mol. The molecule has 1 saturated carbocycles. The van der Waals surface area contributed by atoms with Gasteiger partial charge in [-0.05, 0) is 19.8 Å². The lowest BCUT2D eigenvalue weighted by molar-refractivity contribution is -0.121. The molecule has 6 nitrogen and oxygen atoms in total. The molecular formula is C10H16N4O2. The number of amides is 1. The van der Waals surface area contributed by atoms with Crippen LogP contribution in [-0.2, 0) is 11.3 Å². The Morgan fingerprint density at radius 1 is 1.50 bits per heavy atom. The fourth-order valence-electron chi connectivity index (χ4n) is 1.35. The number of nitrogens with one attached hydrogen (secondary N) is 2. The summed E-state index contributed by atoms with van der Waals surface area (Å²) in [5.41, 5.74) is 1.58. The number of aryl methyl sites for hydroxylation is 1. The van der Waals surface area contributed by atoms with Crippen LogP contribution in [-0.4, -0.2) is 28.8 Å². The maximum Gasteiger partial charge on any atom is 0.221 e. The minimum absolute atomic E-state index is 0.116. The number of nitrogens with zero attached hydrogens (tertiary/aromatic N) is 2. The molecule has 0 radical (unpaired) electrons. The Labute approximate surface area is 93.7 Å². The third kappa shape index (κ3) is 3.30. The molecule has 0 saturated heterocycles. The monoisotopic (exact) mass is 224 g/mol. The Bertz CT molecular complexity index is 359. The second-order valence-corrected chi connectivity index (χ2v) is 4.06. The van der Waals surface area contributed by atoms with E-state index in [1.807, 2.05) is 6.92 Å². The molecule has 1 amide bonds. The molecule has 0 spiro atoms. The molecule has 0 bridgehead atoms. The number of carbonyl (C=O) groups excluding carboxylic acids is 1. The number of rotatable bonds is 6. The Hall–Kier alpha value is -1.43. The molecule has 1 aromatic rings. The summed E-state index contributed by atoms with van der Waals surface area (Å²) >= 11 is 0. The van der Waals surface area contributed by atoms with Gasteiger partial charge in [-0.3, -0.25) is 4.79 Å². The van der Waals surface area contributed by atoms with E-state index in [2.05, 4.69) is 25.6 Å². The predicted molar refractivity (Wildman–Crippen MR) is 56.5 cm³/mol. The zero-order valence-electron chi connectivity index (χ0n) is 9.32. The first-order valence-electron chi connectivity index (χ1n) is 5.54. The third-order valence-corrected chi connectivity index (χ3v) is 2.51. The molecule has 6 heteroatoms. The maximum atomic E-state index is 11.3. The van der Waals surface area contributed by atoms with Gasteiger partial charge in [0.2, 0.25) is 5.91 Å². The van der Waals surface area contributed by atoms with Gasteiger partial charge < -0.3 is 10.6 Å². The first kappa shape index (κ1) is 11.1. The first-order chi connectivity index (χ1) is 7.75. The van der Waals surface area contributed by atoms with Crippen molar-refractivity contribution >= 4 is 5.91 Å². The van der Waals surface area contributed by atoms with Crippen molar-refractivity contribution < 1.29 is 9.42 Å². The van der Waals surface area contributed by atoms with Crippen molar-refractivity contribution in [3.05, 3.63) is 11.4 Å². The van der Waals surface area contributed by atoms with Crippen LogP contribution >= 0.6 is 0 Å². The van der Waals surface area contributed by atoms with E-state index in [4.69, 9.17) is 0 Å². The molecule has 88 valence electrons. The van der Waals surface area contributed by atoms with Gasteiger partial charge in [-0.2, -0.15) is 0 Å². The molecule has 0 atom stereocenters. The normalized spacial score (nSPS) is 15.1. The Balaban J connectivity index is 1.57. The molecule has 1 aliphatic carbocycles. The van der Waals surface area contributed by atoms with E-state index in [0.29, 0.717) is 25.6 Å². The average Bonchev–Trinajstić information content (AvgIpc) is 2.96. The van der Waals surface area contributed by atoms with Crippen LogP contribution < -0.4 is 10.6 Å². The molecule has 1 aromatic heterocycles. The van der Waals surface area contributed by atoms with Gasteiger partial charge in [0.25, 0.3) is 0 Å². The van der Waals surface area contributed by atoms with E-state index in [1.165, 1.54) is 0 Å². The van der Waals surface area contributed by atoms with Gasteiger partial charge in [0.05, 0.1) is 0 Å². The predicted octanol–water partition coefficient (Wildman–Crippen LogP) is 0.136. The molecule has 1 heterocycles. The van der Waals surface area contributed by atoms with Crippen LogP contribution in [0.1, 0.15) is 30.7 Å². The van der Waals surface area contributed by atoms with Crippen LogP contribution in [0, 0.1) is 6.92 Å². The smallest absolute Gasteiger partial charge is 0.221 e. The van der Waals surface area contributed by atoms with Crippen molar-refractivity contribution in [2.24, 2.45) is 0 Å². The van der Waals surface area contributed by atoms with Crippen LogP contribution in [0.15, 0.2) is 4.63 Å². The summed E-state index contributed by atoms with van der Waals surface area (Å²) in [5.74, 6) is 0.116. The van der Waals surface area contributed by atoms with Gasteiger partial charge in [0.1, 0.15) is 11.4 Å². The largest absolute Gasteiger partial charge is 0.353 e. The quantitative estimate of drug-likeness (QED) is 0.672. The van der Waals surface area contributed by atoms with E-state index in [9.17, 15) is 4.79 Å². The van der Waals surface area contributed by atoms with Crippen LogP contribution in [0.4, 0.5) is 0 Å². The third-order valence-electron chi connectivity index (χ3n) is 2.51. The highest BCUT2D eigenvalue weighted by molar-refractivity contribution is 5.76.